The third-order valence-corrected chi connectivity index (χ3v) is 5.49. The standard InChI is InChI=1S/C19H20N4O2S/c24-17(25-15-9-5-2-6-10-15)12-26-19-16-11-22-23(18(16)20-13-21-19)14-7-3-1-4-8-14/h1,3-4,7-8,11,13,15H,2,5-6,9-10,12H2. The van der Waals surface area contributed by atoms with Crippen LogP contribution < -0.4 is 0 Å². The van der Waals surface area contributed by atoms with E-state index < -0.39 is 0 Å². The molecule has 0 spiro atoms. The second kappa shape index (κ2) is 7.86. The molecule has 0 bridgehead atoms. The number of hydrogen-bond acceptors (Lipinski definition) is 6. The first-order valence-corrected chi connectivity index (χ1v) is 9.86. The SMILES string of the molecule is O=C(CSc1ncnc2c1cnn2-c1ccccc1)OC1CCCCC1. The Morgan fingerprint density at radius 2 is 1.96 bits per heavy atom. The van der Waals surface area contributed by atoms with Crippen molar-refractivity contribution in [3.05, 3.63) is 42.9 Å². The van der Waals surface area contributed by atoms with E-state index >= 15 is 0 Å². The van der Waals surface area contributed by atoms with Gasteiger partial charge in [0.25, 0.3) is 0 Å². The fourth-order valence-electron chi connectivity index (χ4n) is 3.23. The molecule has 1 fully saturated rings. The predicted molar refractivity (Wildman–Crippen MR) is 100 cm³/mol. The number of aromatic nitrogens is 4. The molecule has 0 N–H and O–H groups in total. The molecule has 0 aliphatic heterocycles. The van der Waals surface area contributed by atoms with E-state index in [0.29, 0.717) is 0 Å². The largest absolute Gasteiger partial charge is 0.462 e. The van der Waals surface area contributed by atoms with Gasteiger partial charge in [0.05, 0.1) is 23.0 Å². The van der Waals surface area contributed by atoms with Crippen LogP contribution in [-0.4, -0.2) is 37.6 Å². The normalized spacial score (nSPS) is 15.2. The van der Waals surface area contributed by atoms with Crippen LogP contribution in [0.1, 0.15) is 32.1 Å². The second-order valence-corrected chi connectivity index (χ2v) is 7.31. The molecule has 0 amide bonds. The Hall–Kier alpha value is -2.41. The van der Waals surface area contributed by atoms with E-state index in [-0.39, 0.29) is 17.8 Å². The van der Waals surface area contributed by atoms with Gasteiger partial charge in [-0.25, -0.2) is 14.6 Å². The summed E-state index contributed by atoms with van der Waals surface area (Å²) in [7, 11) is 0. The van der Waals surface area contributed by atoms with E-state index in [1.807, 2.05) is 30.3 Å². The Balaban J connectivity index is 1.47. The topological polar surface area (TPSA) is 69.9 Å². The molecule has 6 nitrogen and oxygen atoms in total. The monoisotopic (exact) mass is 368 g/mol. The van der Waals surface area contributed by atoms with Crippen molar-refractivity contribution in [2.75, 3.05) is 5.75 Å². The van der Waals surface area contributed by atoms with Gasteiger partial charge in [-0.15, -0.1) is 0 Å². The summed E-state index contributed by atoms with van der Waals surface area (Å²) in [5.41, 5.74) is 1.67. The van der Waals surface area contributed by atoms with Crippen LogP contribution in [0.15, 0.2) is 47.9 Å². The first kappa shape index (κ1) is 17.0. The van der Waals surface area contributed by atoms with Crippen molar-refractivity contribution in [2.45, 2.75) is 43.2 Å². The number of para-hydroxylation sites is 1. The molecule has 0 atom stereocenters. The maximum Gasteiger partial charge on any atom is 0.316 e. The third kappa shape index (κ3) is 3.72. The summed E-state index contributed by atoms with van der Waals surface area (Å²) in [4.78, 5) is 20.8. The van der Waals surface area contributed by atoms with E-state index in [2.05, 4.69) is 15.1 Å². The van der Waals surface area contributed by atoms with Crippen molar-refractivity contribution in [1.82, 2.24) is 19.7 Å². The molecule has 1 aliphatic carbocycles. The Labute approximate surface area is 156 Å². The van der Waals surface area contributed by atoms with Crippen LogP contribution in [0.5, 0.6) is 0 Å². The summed E-state index contributed by atoms with van der Waals surface area (Å²) < 4.78 is 7.35. The molecule has 26 heavy (non-hydrogen) atoms. The highest BCUT2D eigenvalue weighted by Crippen LogP contribution is 2.26. The van der Waals surface area contributed by atoms with Gasteiger partial charge in [-0.1, -0.05) is 36.4 Å². The molecule has 2 aromatic heterocycles. The van der Waals surface area contributed by atoms with Crippen LogP contribution >= 0.6 is 11.8 Å². The molecular weight excluding hydrogens is 348 g/mol. The van der Waals surface area contributed by atoms with Crippen molar-refractivity contribution < 1.29 is 9.53 Å². The number of fused-ring (bicyclic) bond motifs is 1. The van der Waals surface area contributed by atoms with Gasteiger partial charge < -0.3 is 4.74 Å². The summed E-state index contributed by atoms with van der Waals surface area (Å²) in [5, 5.41) is 6.02. The molecule has 2 heterocycles. The summed E-state index contributed by atoms with van der Waals surface area (Å²) in [6, 6.07) is 9.83. The molecular formula is C19H20N4O2S. The van der Waals surface area contributed by atoms with E-state index in [4.69, 9.17) is 4.74 Å². The summed E-state index contributed by atoms with van der Waals surface area (Å²) in [5.74, 6) is 0.0724. The minimum absolute atomic E-state index is 0.0862. The van der Waals surface area contributed by atoms with Gasteiger partial charge in [0.1, 0.15) is 17.5 Å². The molecule has 0 radical (unpaired) electrons. The molecule has 1 aromatic carbocycles. The van der Waals surface area contributed by atoms with Crippen LogP contribution in [0, 0.1) is 0 Å². The van der Waals surface area contributed by atoms with E-state index in [1.54, 1.807) is 10.9 Å². The number of thioether (sulfide) groups is 1. The van der Waals surface area contributed by atoms with Gasteiger partial charge in [-0.3, -0.25) is 4.79 Å². The minimum atomic E-state index is -0.177. The molecule has 1 aliphatic rings. The van der Waals surface area contributed by atoms with E-state index in [0.717, 1.165) is 47.4 Å². The van der Waals surface area contributed by atoms with Crippen LogP contribution in [0.2, 0.25) is 0 Å². The minimum Gasteiger partial charge on any atom is -0.462 e. The summed E-state index contributed by atoms with van der Waals surface area (Å²) in [6.45, 7) is 0. The molecule has 7 heteroatoms. The number of benzene rings is 1. The van der Waals surface area contributed by atoms with Gasteiger partial charge >= 0.3 is 5.97 Å². The molecule has 0 saturated heterocycles. The Kier molecular flexibility index (Phi) is 5.15. The number of nitrogens with zero attached hydrogens (tertiary/aromatic N) is 4. The van der Waals surface area contributed by atoms with Gasteiger partial charge in [0, 0.05) is 0 Å². The van der Waals surface area contributed by atoms with Gasteiger partial charge in [-0.05, 0) is 37.8 Å². The van der Waals surface area contributed by atoms with Crippen LogP contribution in [0.25, 0.3) is 16.7 Å². The van der Waals surface area contributed by atoms with Crippen molar-refractivity contribution in [3.8, 4) is 5.69 Å². The Morgan fingerprint density at radius 1 is 1.15 bits per heavy atom. The summed E-state index contributed by atoms with van der Waals surface area (Å²) in [6.07, 6.45) is 8.86. The van der Waals surface area contributed by atoms with Crippen molar-refractivity contribution >= 4 is 28.8 Å². The quantitative estimate of drug-likeness (QED) is 0.388. The number of esters is 1. The van der Waals surface area contributed by atoms with Crippen molar-refractivity contribution in [3.63, 3.8) is 0 Å². The smallest absolute Gasteiger partial charge is 0.316 e. The highest BCUT2D eigenvalue weighted by Gasteiger charge is 2.19. The maximum absolute atomic E-state index is 12.1. The van der Waals surface area contributed by atoms with Crippen molar-refractivity contribution in [2.24, 2.45) is 0 Å². The lowest BCUT2D eigenvalue weighted by Gasteiger charge is -2.21. The number of hydrogen-bond donors (Lipinski definition) is 0. The van der Waals surface area contributed by atoms with Gasteiger partial charge in [-0.2, -0.15) is 5.10 Å². The molecule has 4 rings (SSSR count). The first-order chi connectivity index (χ1) is 12.8. The second-order valence-electron chi connectivity index (χ2n) is 6.35. The van der Waals surface area contributed by atoms with Crippen LogP contribution in [0.3, 0.4) is 0 Å². The highest BCUT2D eigenvalue weighted by molar-refractivity contribution is 8.00. The fourth-order valence-corrected chi connectivity index (χ4v) is 3.97. The number of carbonyl (C=O) groups excluding carboxylic acids is 1. The third-order valence-electron chi connectivity index (χ3n) is 4.51. The molecule has 0 unspecified atom stereocenters. The number of ether oxygens (including phenoxy) is 1. The lowest BCUT2D eigenvalue weighted by molar-refractivity contribution is -0.147. The van der Waals surface area contributed by atoms with Gasteiger partial charge in [0.15, 0.2) is 5.65 Å². The van der Waals surface area contributed by atoms with Crippen LogP contribution in [0.4, 0.5) is 0 Å². The fraction of sp³-hybridized carbons (Fsp3) is 0.368. The number of carbonyl (C=O) groups is 1. The predicted octanol–water partition coefficient (Wildman–Crippen LogP) is 3.78. The Bertz CT molecular complexity index is 891. The highest BCUT2D eigenvalue weighted by atomic mass is 32.2. The Morgan fingerprint density at radius 3 is 2.77 bits per heavy atom. The molecule has 1 saturated carbocycles. The average Bonchev–Trinajstić information content (AvgIpc) is 3.12. The lowest BCUT2D eigenvalue weighted by Crippen LogP contribution is -2.21. The van der Waals surface area contributed by atoms with E-state index in [1.165, 1.54) is 24.5 Å². The average molecular weight is 368 g/mol. The van der Waals surface area contributed by atoms with E-state index in [9.17, 15) is 4.79 Å². The summed E-state index contributed by atoms with van der Waals surface area (Å²) >= 11 is 1.38. The maximum atomic E-state index is 12.1. The van der Waals surface area contributed by atoms with Gasteiger partial charge in [0.2, 0.25) is 0 Å². The first-order valence-electron chi connectivity index (χ1n) is 8.88. The zero-order chi connectivity index (χ0) is 17.8. The molecule has 3 aromatic rings. The number of rotatable bonds is 5. The van der Waals surface area contributed by atoms with Crippen molar-refractivity contribution in [1.29, 1.82) is 0 Å². The zero-order valence-electron chi connectivity index (χ0n) is 14.4. The zero-order valence-corrected chi connectivity index (χ0v) is 15.2. The lowest BCUT2D eigenvalue weighted by atomic mass is 9.98. The molecule has 134 valence electrons. The van der Waals surface area contributed by atoms with Crippen LogP contribution in [-0.2, 0) is 9.53 Å².